The molecule has 0 spiro atoms. The van der Waals surface area contributed by atoms with Crippen molar-refractivity contribution in [2.45, 2.75) is 37.8 Å². The van der Waals surface area contributed by atoms with Gasteiger partial charge >= 0.3 is 0 Å². The molecule has 0 radical (unpaired) electrons. The highest BCUT2D eigenvalue weighted by atomic mass is 35.5. The van der Waals surface area contributed by atoms with Crippen LogP contribution < -0.4 is 15.5 Å². The van der Waals surface area contributed by atoms with Gasteiger partial charge in [-0.25, -0.2) is 4.39 Å². The second-order valence-corrected chi connectivity index (χ2v) is 7.35. The Morgan fingerprint density at radius 3 is 2.24 bits per heavy atom. The third-order valence-electron chi connectivity index (χ3n) is 5.75. The number of nitrogens with one attached hydrogen (secondary N) is 2. The summed E-state index contributed by atoms with van der Waals surface area (Å²) < 4.78 is 14.7. The SMILES string of the molecule is CNC1CCN(c2cc3c(cc2F)C(=O)N(C2CCC(=O)NC2=O)C3=O)CC1.Cl. The quantitative estimate of drug-likeness (QED) is 0.698. The fraction of sp³-hybridized carbons (Fsp3) is 0.474. The summed E-state index contributed by atoms with van der Waals surface area (Å²) in [5.41, 5.74) is 0.350. The number of anilines is 1. The van der Waals surface area contributed by atoms with Crippen molar-refractivity contribution in [2.75, 3.05) is 25.0 Å². The second kappa shape index (κ2) is 8.08. The molecule has 3 heterocycles. The molecule has 0 aliphatic carbocycles. The molecule has 3 aliphatic rings. The summed E-state index contributed by atoms with van der Waals surface area (Å²) in [6.45, 7) is 1.28. The minimum absolute atomic E-state index is 0. The summed E-state index contributed by atoms with van der Waals surface area (Å²) in [4.78, 5) is 51.7. The average molecular weight is 425 g/mol. The average Bonchev–Trinajstić information content (AvgIpc) is 2.91. The fourth-order valence-corrected chi connectivity index (χ4v) is 4.13. The molecule has 1 atom stereocenters. The van der Waals surface area contributed by atoms with Gasteiger partial charge in [-0.1, -0.05) is 0 Å². The van der Waals surface area contributed by atoms with Crippen LogP contribution in [0.1, 0.15) is 46.4 Å². The van der Waals surface area contributed by atoms with Crippen molar-refractivity contribution in [1.29, 1.82) is 0 Å². The highest BCUT2D eigenvalue weighted by molar-refractivity contribution is 6.23. The van der Waals surface area contributed by atoms with E-state index in [-0.39, 0.29) is 36.4 Å². The van der Waals surface area contributed by atoms with Crippen LogP contribution in [0.4, 0.5) is 10.1 Å². The zero-order chi connectivity index (χ0) is 20.0. The summed E-state index contributed by atoms with van der Waals surface area (Å²) in [6, 6.07) is 1.82. The van der Waals surface area contributed by atoms with Gasteiger partial charge in [-0.2, -0.15) is 0 Å². The van der Waals surface area contributed by atoms with Gasteiger partial charge in [0.1, 0.15) is 11.9 Å². The largest absolute Gasteiger partial charge is 0.369 e. The zero-order valence-corrected chi connectivity index (χ0v) is 16.7. The van der Waals surface area contributed by atoms with E-state index in [2.05, 4.69) is 10.6 Å². The number of imide groups is 2. The molecule has 8 nitrogen and oxygen atoms in total. The number of fused-ring (bicyclic) bond motifs is 1. The zero-order valence-electron chi connectivity index (χ0n) is 15.9. The number of amides is 4. The maximum Gasteiger partial charge on any atom is 0.262 e. The van der Waals surface area contributed by atoms with Gasteiger partial charge in [0.25, 0.3) is 11.8 Å². The Morgan fingerprint density at radius 1 is 1.03 bits per heavy atom. The Labute approximate surface area is 173 Å². The van der Waals surface area contributed by atoms with Crippen molar-refractivity contribution < 1.29 is 23.6 Å². The molecule has 156 valence electrons. The van der Waals surface area contributed by atoms with Crippen LogP contribution in [-0.4, -0.2) is 60.7 Å². The lowest BCUT2D eigenvalue weighted by Gasteiger charge is -2.33. The molecule has 1 unspecified atom stereocenters. The van der Waals surface area contributed by atoms with Crippen LogP contribution in [0.25, 0.3) is 0 Å². The molecule has 2 fully saturated rings. The van der Waals surface area contributed by atoms with Crippen LogP contribution in [0, 0.1) is 5.82 Å². The number of hydrogen-bond donors (Lipinski definition) is 2. The first kappa shape index (κ1) is 21.2. The first-order valence-electron chi connectivity index (χ1n) is 9.38. The van der Waals surface area contributed by atoms with Crippen molar-refractivity contribution >= 4 is 41.7 Å². The van der Waals surface area contributed by atoms with Crippen LogP contribution >= 0.6 is 12.4 Å². The van der Waals surface area contributed by atoms with Crippen LogP contribution in [0.15, 0.2) is 12.1 Å². The molecule has 4 amide bonds. The van der Waals surface area contributed by atoms with Crippen LogP contribution in [-0.2, 0) is 9.59 Å². The third kappa shape index (κ3) is 3.60. The predicted molar refractivity (Wildman–Crippen MR) is 105 cm³/mol. The normalized spacial score (nSPS) is 22.5. The first-order chi connectivity index (χ1) is 13.4. The topological polar surface area (TPSA) is 98.8 Å². The number of benzene rings is 1. The molecule has 10 heteroatoms. The van der Waals surface area contributed by atoms with Gasteiger partial charge in [0.15, 0.2) is 0 Å². The lowest BCUT2D eigenvalue weighted by atomic mass is 10.0. The molecule has 0 saturated carbocycles. The number of carbonyl (C=O) groups excluding carboxylic acids is 4. The summed E-state index contributed by atoms with van der Waals surface area (Å²) in [7, 11) is 1.89. The molecule has 2 saturated heterocycles. The lowest BCUT2D eigenvalue weighted by molar-refractivity contribution is -0.136. The number of carbonyl (C=O) groups is 4. The van der Waals surface area contributed by atoms with E-state index in [0.717, 1.165) is 23.8 Å². The van der Waals surface area contributed by atoms with E-state index in [1.165, 1.54) is 6.07 Å². The van der Waals surface area contributed by atoms with E-state index in [4.69, 9.17) is 0 Å². The van der Waals surface area contributed by atoms with Gasteiger partial charge in [0.2, 0.25) is 11.8 Å². The number of piperidine rings is 2. The van der Waals surface area contributed by atoms with Crippen LogP contribution in [0.2, 0.25) is 0 Å². The Hall–Kier alpha value is -2.52. The molecule has 0 aromatic heterocycles. The third-order valence-corrected chi connectivity index (χ3v) is 5.75. The van der Waals surface area contributed by atoms with Gasteiger partial charge < -0.3 is 10.2 Å². The summed E-state index contributed by atoms with van der Waals surface area (Å²) in [5, 5.41) is 5.35. The molecule has 29 heavy (non-hydrogen) atoms. The molecule has 2 N–H and O–H groups in total. The van der Waals surface area contributed by atoms with E-state index in [9.17, 15) is 23.6 Å². The Balaban J connectivity index is 0.00000240. The molecule has 0 bridgehead atoms. The Bertz CT molecular complexity index is 885. The number of halogens is 2. The van der Waals surface area contributed by atoms with Crippen molar-refractivity contribution in [3.8, 4) is 0 Å². The van der Waals surface area contributed by atoms with E-state index in [0.29, 0.717) is 24.8 Å². The van der Waals surface area contributed by atoms with Gasteiger partial charge in [0.05, 0.1) is 16.8 Å². The first-order valence-corrected chi connectivity index (χ1v) is 9.38. The molecular formula is C19H22ClFN4O4. The van der Waals surface area contributed by atoms with E-state index >= 15 is 0 Å². The monoisotopic (exact) mass is 424 g/mol. The van der Waals surface area contributed by atoms with Gasteiger partial charge in [-0.3, -0.25) is 29.4 Å². The number of nitrogens with zero attached hydrogens (tertiary/aromatic N) is 2. The minimum Gasteiger partial charge on any atom is -0.369 e. The van der Waals surface area contributed by atoms with Crippen molar-refractivity contribution in [2.24, 2.45) is 0 Å². The lowest BCUT2D eigenvalue weighted by Crippen LogP contribution is -2.54. The standard InChI is InChI=1S/C19H21FN4O4.ClH/c1-21-10-4-6-23(7-5-10)15-9-12-11(8-13(15)20)18(27)24(19(12)28)14-2-3-16(25)22-17(14)26;/h8-10,14,21H,2-7H2,1H3,(H,22,25,26);1H. The van der Waals surface area contributed by atoms with E-state index < -0.39 is 35.5 Å². The number of rotatable bonds is 3. The van der Waals surface area contributed by atoms with Gasteiger partial charge in [-0.15, -0.1) is 12.4 Å². The molecule has 4 rings (SSSR count). The minimum atomic E-state index is -1.05. The fourth-order valence-electron chi connectivity index (χ4n) is 4.13. The summed E-state index contributed by atoms with van der Waals surface area (Å²) >= 11 is 0. The highest BCUT2D eigenvalue weighted by Gasteiger charge is 2.45. The van der Waals surface area contributed by atoms with Crippen molar-refractivity contribution in [1.82, 2.24) is 15.5 Å². The summed E-state index contributed by atoms with van der Waals surface area (Å²) in [5.74, 6) is -3.00. The Kier molecular flexibility index (Phi) is 5.90. The van der Waals surface area contributed by atoms with E-state index in [1.54, 1.807) is 0 Å². The molecule has 1 aromatic carbocycles. The van der Waals surface area contributed by atoms with Gasteiger partial charge in [0, 0.05) is 25.6 Å². The maximum atomic E-state index is 14.7. The predicted octanol–water partition coefficient (Wildman–Crippen LogP) is 0.837. The smallest absolute Gasteiger partial charge is 0.262 e. The maximum absolute atomic E-state index is 14.7. The number of hydrogen-bond acceptors (Lipinski definition) is 6. The molecular weight excluding hydrogens is 403 g/mol. The van der Waals surface area contributed by atoms with Crippen LogP contribution in [0.5, 0.6) is 0 Å². The van der Waals surface area contributed by atoms with Crippen molar-refractivity contribution in [3.63, 3.8) is 0 Å². The van der Waals surface area contributed by atoms with E-state index in [1.807, 2.05) is 11.9 Å². The molecule has 3 aliphatic heterocycles. The van der Waals surface area contributed by atoms with Crippen LogP contribution in [0.3, 0.4) is 0 Å². The van der Waals surface area contributed by atoms with Gasteiger partial charge in [-0.05, 0) is 38.4 Å². The molecule has 1 aromatic rings. The highest BCUT2D eigenvalue weighted by Crippen LogP contribution is 2.33. The Morgan fingerprint density at radius 2 is 1.66 bits per heavy atom. The second-order valence-electron chi connectivity index (χ2n) is 7.35. The van der Waals surface area contributed by atoms with Crippen molar-refractivity contribution in [3.05, 3.63) is 29.1 Å². The summed E-state index contributed by atoms with van der Waals surface area (Å²) in [6.07, 6.45) is 1.82.